The molecule has 0 N–H and O–H groups in total. The van der Waals surface area contributed by atoms with E-state index in [2.05, 4.69) is 15.2 Å². The third kappa shape index (κ3) is 3.21. The van der Waals surface area contributed by atoms with Gasteiger partial charge in [0.2, 0.25) is 0 Å². The zero-order chi connectivity index (χ0) is 19.0. The lowest BCUT2D eigenvalue weighted by Gasteiger charge is -2.22. The molecule has 0 radical (unpaired) electrons. The Hall–Kier alpha value is -3.06. The maximum Gasteiger partial charge on any atom is 0.162 e. The minimum atomic E-state index is -0.287. The molecule has 4 aromatic rings. The van der Waals surface area contributed by atoms with Gasteiger partial charge in [0.25, 0.3) is 0 Å². The van der Waals surface area contributed by atoms with E-state index in [1.165, 1.54) is 0 Å². The van der Waals surface area contributed by atoms with Crippen LogP contribution in [0.25, 0.3) is 28.0 Å². The van der Waals surface area contributed by atoms with Gasteiger partial charge in [-0.2, -0.15) is 10.2 Å². The maximum atomic E-state index is 5.50. The molecule has 7 heteroatoms. The number of nitrogens with zero attached hydrogens (tertiary/aromatic N) is 6. The van der Waals surface area contributed by atoms with Crippen LogP contribution in [0.5, 0.6) is 0 Å². The van der Waals surface area contributed by atoms with Gasteiger partial charge in [0, 0.05) is 43.0 Å². The number of pyridine rings is 1. The van der Waals surface area contributed by atoms with E-state index in [0.717, 1.165) is 33.7 Å². The molecule has 4 aromatic heterocycles. The van der Waals surface area contributed by atoms with Crippen LogP contribution in [0.3, 0.4) is 0 Å². The average molecular weight is 362 g/mol. The fraction of sp³-hybridized carbons (Fsp3) is 0.300. The minimum absolute atomic E-state index is 0.287. The van der Waals surface area contributed by atoms with Crippen LogP contribution in [-0.4, -0.2) is 42.1 Å². The second-order valence-corrected chi connectivity index (χ2v) is 7.15. The minimum Gasteiger partial charge on any atom is -0.377 e. The van der Waals surface area contributed by atoms with Gasteiger partial charge in [0.05, 0.1) is 29.7 Å². The van der Waals surface area contributed by atoms with Crippen LogP contribution in [-0.2, 0) is 11.3 Å². The van der Waals surface area contributed by atoms with Gasteiger partial charge in [-0.1, -0.05) is 0 Å². The molecule has 0 aliphatic rings. The number of hydrogen-bond acceptors (Lipinski definition) is 5. The highest BCUT2D eigenvalue weighted by Crippen LogP contribution is 2.29. The van der Waals surface area contributed by atoms with E-state index in [0.29, 0.717) is 6.54 Å². The second-order valence-electron chi connectivity index (χ2n) is 7.15. The number of rotatable bonds is 5. The number of ether oxygens (including phenoxy) is 1. The number of imidazole rings is 1. The molecule has 4 heterocycles. The molecular formula is C20H22N6O. The van der Waals surface area contributed by atoms with Crippen LogP contribution in [0.4, 0.5) is 0 Å². The monoisotopic (exact) mass is 362 g/mol. The molecule has 0 aliphatic carbocycles. The summed E-state index contributed by atoms with van der Waals surface area (Å²) in [5.74, 6) is 0. The van der Waals surface area contributed by atoms with Crippen molar-refractivity contribution in [2.24, 2.45) is 0 Å². The summed E-state index contributed by atoms with van der Waals surface area (Å²) >= 11 is 0. The Morgan fingerprint density at radius 3 is 2.56 bits per heavy atom. The molecular weight excluding hydrogens is 340 g/mol. The summed E-state index contributed by atoms with van der Waals surface area (Å²) < 4.78 is 9.28. The number of aromatic nitrogens is 6. The zero-order valence-corrected chi connectivity index (χ0v) is 15.9. The molecule has 7 nitrogen and oxygen atoms in total. The van der Waals surface area contributed by atoms with Gasteiger partial charge in [0.1, 0.15) is 0 Å². The Kier molecular flexibility index (Phi) is 4.24. The quantitative estimate of drug-likeness (QED) is 0.544. The van der Waals surface area contributed by atoms with Crippen molar-refractivity contribution in [2.75, 3.05) is 7.11 Å². The summed E-state index contributed by atoms with van der Waals surface area (Å²) in [6.07, 6.45) is 9.22. The van der Waals surface area contributed by atoms with Crippen molar-refractivity contribution in [3.05, 3.63) is 54.9 Å². The first kappa shape index (κ1) is 17.4. The molecule has 27 heavy (non-hydrogen) atoms. The third-order valence-electron chi connectivity index (χ3n) is 4.69. The van der Waals surface area contributed by atoms with Gasteiger partial charge < -0.3 is 4.74 Å². The maximum absolute atomic E-state index is 5.50. The molecule has 0 aromatic carbocycles. The van der Waals surface area contributed by atoms with Gasteiger partial charge in [0.15, 0.2) is 5.65 Å². The van der Waals surface area contributed by atoms with Crippen molar-refractivity contribution < 1.29 is 4.74 Å². The molecule has 0 saturated carbocycles. The number of fused-ring (bicyclic) bond motifs is 1. The normalized spacial score (nSPS) is 12.0. The molecule has 0 fully saturated rings. The van der Waals surface area contributed by atoms with Crippen LogP contribution in [0.15, 0.2) is 49.2 Å². The van der Waals surface area contributed by atoms with Crippen molar-refractivity contribution in [3.8, 4) is 22.4 Å². The van der Waals surface area contributed by atoms with Crippen molar-refractivity contribution in [2.45, 2.75) is 32.9 Å². The number of methoxy groups -OCH3 is 1. The Balaban J connectivity index is 1.80. The molecule has 4 rings (SSSR count). The van der Waals surface area contributed by atoms with Gasteiger partial charge in [-0.05, 0) is 44.5 Å². The van der Waals surface area contributed by atoms with Crippen LogP contribution >= 0.6 is 0 Å². The summed E-state index contributed by atoms with van der Waals surface area (Å²) in [6.45, 7) is 6.73. The van der Waals surface area contributed by atoms with E-state index in [-0.39, 0.29) is 5.60 Å². The van der Waals surface area contributed by atoms with Crippen molar-refractivity contribution in [1.82, 2.24) is 29.4 Å². The van der Waals surface area contributed by atoms with E-state index < -0.39 is 0 Å². The van der Waals surface area contributed by atoms with Crippen LogP contribution < -0.4 is 0 Å². The largest absolute Gasteiger partial charge is 0.377 e. The predicted molar refractivity (Wildman–Crippen MR) is 103 cm³/mol. The fourth-order valence-electron chi connectivity index (χ4n) is 3.17. The average Bonchev–Trinajstić information content (AvgIpc) is 3.24. The molecule has 0 amide bonds. The van der Waals surface area contributed by atoms with E-state index in [9.17, 15) is 0 Å². The summed E-state index contributed by atoms with van der Waals surface area (Å²) in [6, 6.07) is 5.93. The van der Waals surface area contributed by atoms with Gasteiger partial charge >= 0.3 is 0 Å². The first-order valence-electron chi connectivity index (χ1n) is 8.81. The predicted octanol–water partition coefficient (Wildman–Crippen LogP) is 3.39. The summed E-state index contributed by atoms with van der Waals surface area (Å²) in [7, 11) is 1.71. The standard InChI is InChI=1S/C20H22N6O/c1-14-18(16-11-23-25(12-16)13-20(2,3)27-4)26-19(24-14)17(7-10-22-26)15-5-8-21-9-6-15/h5-12H,13H2,1-4H3. The molecule has 0 bridgehead atoms. The third-order valence-corrected chi connectivity index (χ3v) is 4.69. The van der Waals surface area contributed by atoms with Crippen LogP contribution in [0.1, 0.15) is 19.5 Å². The van der Waals surface area contributed by atoms with Gasteiger partial charge in [-0.15, -0.1) is 0 Å². The van der Waals surface area contributed by atoms with Crippen molar-refractivity contribution in [1.29, 1.82) is 0 Å². The van der Waals surface area contributed by atoms with Crippen LogP contribution in [0, 0.1) is 6.92 Å². The Bertz CT molecular complexity index is 1080. The Morgan fingerprint density at radius 1 is 1.04 bits per heavy atom. The number of hydrogen-bond donors (Lipinski definition) is 0. The highest BCUT2D eigenvalue weighted by molar-refractivity contribution is 5.79. The Morgan fingerprint density at radius 2 is 1.81 bits per heavy atom. The second kappa shape index (κ2) is 6.59. The van der Waals surface area contributed by atoms with Crippen molar-refractivity contribution >= 4 is 5.65 Å². The smallest absolute Gasteiger partial charge is 0.162 e. The summed E-state index contributed by atoms with van der Waals surface area (Å²) in [5, 5.41) is 9.03. The molecule has 0 atom stereocenters. The summed E-state index contributed by atoms with van der Waals surface area (Å²) in [4.78, 5) is 8.88. The summed E-state index contributed by atoms with van der Waals surface area (Å²) in [5.41, 5.74) is 5.45. The Labute approximate surface area is 157 Å². The topological polar surface area (TPSA) is 70.1 Å². The molecule has 0 aliphatic heterocycles. The highest BCUT2D eigenvalue weighted by Gasteiger charge is 2.20. The van der Waals surface area contributed by atoms with E-state index in [4.69, 9.17) is 9.72 Å². The molecule has 138 valence electrons. The molecule has 0 spiro atoms. The fourth-order valence-corrected chi connectivity index (χ4v) is 3.17. The lowest BCUT2D eigenvalue weighted by Crippen LogP contribution is -2.29. The highest BCUT2D eigenvalue weighted by atomic mass is 16.5. The van der Waals surface area contributed by atoms with Crippen molar-refractivity contribution in [3.63, 3.8) is 0 Å². The van der Waals surface area contributed by atoms with Gasteiger partial charge in [-0.25, -0.2) is 9.50 Å². The number of aryl methyl sites for hydroxylation is 1. The molecule has 0 saturated heterocycles. The lowest BCUT2D eigenvalue weighted by atomic mass is 10.1. The first-order valence-corrected chi connectivity index (χ1v) is 8.81. The molecule has 0 unspecified atom stereocenters. The lowest BCUT2D eigenvalue weighted by molar-refractivity contribution is 0.00543. The van der Waals surface area contributed by atoms with E-state index in [1.54, 1.807) is 25.7 Å². The van der Waals surface area contributed by atoms with Crippen LogP contribution in [0.2, 0.25) is 0 Å². The zero-order valence-electron chi connectivity index (χ0n) is 15.9. The SMILES string of the molecule is COC(C)(C)Cn1cc(-c2c(C)nc3c(-c4ccncc4)ccnn23)cn1. The van der Waals surface area contributed by atoms with E-state index in [1.807, 2.05) is 60.6 Å². The van der Waals surface area contributed by atoms with E-state index >= 15 is 0 Å². The first-order chi connectivity index (χ1) is 13.0. The van der Waals surface area contributed by atoms with Gasteiger partial charge in [-0.3, -0.25) is 9.67 Å².